The first kappa shape index (κ1) is 15.4. The fourth-order valence-electron chi connectivity index (χ4n) is 2.21. The molecule has 112 valence electrons. The third kappa shape index (κ3) is 3.97. The quantitative estimate of drug-likeness (QED) is 0.764. The highest BCUT2D eigenvalue weighted by molar-refractivity contribution is 5.41. The van der Waals surface area contributed by atoms with Gasteiger partial charge >= 0.3 is 0 Å². The molecule has 0 aromatic heterocycles. The molecular weight excluding hydrogens is 266 g/mol. The first-order valence-corrected chi connectivity index (χ1v) is 6.95. The van der Waals surface area contributed by atoms with E-state index < -0.39 is 6.10 Å². The zero-order valence-corrected chi connectivity index (χ0v) is 12.3. The van der Waals surface area contributed by atoms with Crippen molar-refractivity contribution in [1.29, 1.82) is 0 Å². The van der Waals surface area contributed by atoms with E-state index in [0.29, 0.717) is 12.3 Å². The fraction of sp³-hybridized carbons (Fsp3) is 0.294. The summed E-state index contributed by atoms with van der Waals surface area (Å²) in [6.45, 7) is 2.36. The molecule has 0 aliphatic carbocycles. The van der Waals surface area contributed by atoms with Crippen LogP contribution in [0.2, 0.25) is 0 Å². The smallest absolute Gasteiger partial charge is 0.124 e. The number of rotatable bonds is 6. The van der Waals surface area contributed by atoms with E-state index >= 15 is 0 Å². The summed E-state index contributed by atoms with van der Waals surface area (Å²) in [5.74, 6) is 0.802. The van der Waals surface area contributed by atoms with Crippen LogP contribution in [0.5, 0.6) is 11.5 Å². The molecule has 4 nitrogen and oxygen atoms in total. The van der Waals surface area contributed by atoms with Crippen LogP contribution in [0, 0.1) is 0 Å². The van der Waals surface area contributed by atoms with Crippen molar-refractivity contribution in [2.45, 2.75) is 19.1 Å². The molecule has 2 rings (SSSR count). The Morgan fingerprint density at radius 3 is 2.48 bits per heavy atom. The summed E-state index contributed by atoms with van der Waals surface area (Å²) in [5.41, 5.74) is 1.65. The van der Waals surface area contributed by atoms with Crippen molar-refractivity contribution in [2.24, 2.45) is 0 Å². The average Bonchev–Trinajstić information content (AvgIpc) is 2.52. The minimum atomic E-state index is -0.575. The van der Waals surface area contributed by atoms with Crippen molar-refractivity contribution in [1.82, 2.24) is 5.32 Å². The van der Waals surface area contributed by atoms with Gasteiger partial charge in [0.1, 0.15) is 11.5 Å². The fourth-order valence-corrected chi connectivity index (χ4v) is 2.21. The van der Waals surface area contributed by atoms with E-state index in [1.54, 1.807) is 19.2 Å². The number of benzene rings is 2. The van der Waals surface area contributed by atoms with Gasteiger partial charge in [-0.05, 0) is 18.6 Å². The highest BCUT2D eigenvalue weighted by Gasteiger charge is 2.13. The van der Waals surface area contributed by atoms with Gasteiger partial charge in [-0.25, -0.2) is 0 Å². The maximum Gasteiger partial charge on any atom is 0.124 e. The number of aliphatic hydroxyl groups excluding tert-OH is 1. The van der Waals surface area contributed by atoms with Crippen LogP contribution < -0.4 is 10.1 Å². The Bertz CT molecular complexity index is 572. The monoisotopic (exact) mass is 287 g/mol. The minimum Gasteiger partial charge on any atom is -0.507 e. The summed E-state index contributed by atoms with van der Waals surface area (Å²) in [4.78, 5) is 0. The number of aromatic hydroxyl groups is 1. The number of hydrogen-bond donors (Lipinski definition) is 3. The van der Waals surface area contributed by atoms with Crippen LogP contribution in [0.25, 0.3) is 0 Å². The Hall–Kier alpha value is -2.04. The first-order valence-electron chi connectivity index (χ1n) is 6.95. The van der Waals surface area contributed by atoms with Crippen molar-refractivity contribution in [3.8, 4) is 11.5 Å². The molecule has 21 heavy (non-hydrogen) atoms. The molecule has 2 aromatic rings. The zero-order chi connectivity index (χ0) is 15.2. The molecule has 0 aliphatic heterocycles. The number of ether oxygens (including phenoxy) is 1. The van der Waals surface area contributed by atoms with Crippen molar-refractivity contribution in [3.05, 3.63) is 59.7 Å². The van der Waals surface area contributed by atoms with Crippen LogP contribution in [-0.4, -0.2) is 23.9 Å². The summed E-state index contributed by atoms with van der Waals surface area (Å²) in [7, 11) is 1.56. The first-order chi connectivity index (χ1) is 10.1. The SMILES string of the molecule is COc1ccc(C(C)NCC(O)c2ccccc2)c(O)c1. The van der Waals surface area contributed by atoms with Crippen LogP contribution in [0.15, 0.2) is 48.5 Å². The van der Waals surface area contributed by atoms with Gasteiger partial charge in [0.25, 0.3) is 0 Å². The van der Waals surface area contributed by atoms with E-state index in [2.05, 4.69) is 5.32 Å². The average molecular weight is 287 g/mol. The molecule has 0 amide bonds. The van der Waals surface area contributed by atoms with Crippen molar-refractivity contribution >= 4 is 0 Å². The second-order valence-electron chi connectivity index (χ2n) is 4.98. The topological polar surface area (TPSA) is 61.7 Å². The number of phenolic OH excluding ortho intramolecular Hbond substituents is 1. The Kier molecular flexibility index (Phi) is 5.20. The molecule has 2 atom stereocenters. The van der Waals surface area contributed by atoms with Crippen LogP contribution in [-0.2, 0) is 0 Å². The predicted octanol–water partition coefficient (Wildman–Crippen LogP) is 2.79. The highest BCUT2D eigenvalue weighted by atomic mass is 16.5. The summed E-state index contributed by atoms with van der Waals surface area (Å²) < 4.78 is 5.07. The van der Waals surface area contributed by atoms with Gasteiger partial charge < -0.3 is 20.3 Å². The highest BCUT2D eigenvalue weighted by Crippen LogP contribution is 2.28. The molecule has 0 spiro atoms. The van der Waals surface area contributed by atoms with Gasteiger partial charge in [-0.3, -0.25) is 0 Å². The van der Waals surface area contributed by atoms with E-state index in [1.807, 2.05) is 43.3 Å². The second-order valence-corrected chi connectivity index (χ2v) is 4.98. The lowest BCUT2D eigenvalue weighted by Crippen LogP contribution is -2.24. The van der Waals surface area contributed by atoms with Crippen molar-refractivity contribution in [3.63, 3.8) is 0 Å². The molecule has 2 aromatic carbocycles. The molecule has 0 fully saturated rings. The Balaban J connectivity index is 1.97. The van der Waals surface area contributed by atoms with Crippen LogP contribution in [0.1, 0.15) is 30.2 Å². The summed E-state index contributed by atoms with van der Waals surface area (Å²) >= 11 is 0. The maximum absolute atomic E-state index is 10.1. The Morgan fingerprint density at radius 1 is 1.14 bits per heavy atom. The van der Waals surface area contributed by atoms with Crippen molar-refractivity contribution in [2.75, 3.05) is 13.7 Å². The van der Waals surface area contributed by atoms with E-state index in [0.717, 1.165) is 11.1 Å². The van der Waals surface area contributed by atoms with Crippen LogP contribution >= 0.6 is 0 Å². The molecule has 0 aliphatic rings. The standard InChI is InChI=1S/C17H21NO3/c1-12(15-9-8-14(21-2)10-16(15)19)18-11-17(20)13-6-4-3-5-7-13/h3-10,12,17-20H,11H2,1-2H3. The molecule has 0 bridgehead atoms. The maximum atomic E-state index is 10.1. The van der Waals surface area contributed by atoms with Gasteiger partial charge in [0.05, 0.1) is 13.2 Å². The van der Waals surface area contributed by atoms with Gasteiger partial charge in [0, 0.05) is 24.2 Å². The number of hydrogen-bond acceptors (Lipinski definition) is 4. The Morgan fingerprint density at radius 2 is 1.86 bits per heavy atom. The molecule has 0 saturated heterocycles. The summed E-state index contributed by atoms with van der Waals surface area (Å²) in [5, 5.41) is 23.3. The summed E-state index contributed by atoms with van der Waals surface area (Å²) in [6, 6.07) is 14.6. The number of aliphatic hydroxyl groups is 1. The zero-order valence-electron chi connectivity index (χ0n) is 12.3. The van der Waals surface area contributed by atoms with E-state index in [1.165, 1.54) is 0 Å². The van der Waals surface area contributed by atoms with Gasteiger partial charge in [-0.15, -0.1) is 0 Å². The normalized spacial score (nSPS) is 13.7. The summed E-state index contributed by atoms with van der Waals surface area (Å²) in [6.07, 6.45) is -0.575. The van der Waals surface area contributed by atoms with Crippen molar-refractivity contribution < 1.29 is 14.9 Å². The predicted molar refractivity (Wildman–Crippen MR) is 82.5 cm³/mol. The molecule has 3 N–H and O–H groups in total. The second kappa shape index (κ2) is 7.11. The van der Waals surface area contributed by atoms with E-state index in [-0.39, 0.29) is 11.8 Å². The lowest BCUT2D eigenvalue weighted by atomic mass is 10.1. The van der Waals surface area contributed by atoms with E-state index in [9.17, 15) is 10.2 Å². The molecule has 0 saturated carbocycles. The number of nitrogens with one attached hydrogen (secondary N) is 1. The minimum absolute atomic E-state index is 0.0748. The van der Waals surface area contributed by atoms with Crippen LogP contribution in [0.3, 0.4) is 0 Å². The van der Waals surface area contributed by atoms with Crippen LogP contribution in [0.4, 0.5) is 0 Å². The molecule has 0 heterocycles. The molecular formula is C17H21NO3. The molecule has 2 unspecified atom stereocenters. The third-order valence-corrected chi connectivity index (χ3v) is 3.51. The Labute approximate surface area is 125 Å². The van der Waals surface area contributed by atoms with Gasteiger partial charge in [0.15, 0.2) is 0 Å². The van der Waals surface area contributed by atoms with Gasteiger partial charge in [-0.2, -0.15) is 0 Å². The number of methoxy groups -OCH3 is 1. The van der Waals surface area contributed by atoms with Gasteiger partial charge in [0.2, 0.25) is 0 Å². The van der Waals surface area contributed by atoms with E-state index in [4.69, 9.17) is 4.74 Å². The lowest BCUT2D eigenvalue weighted by Gasteiger charge is -2.19. The number of phenols is 1. The lowest BCUT2D eigenvalue weighted by molar-refractivity contribution is 0.170. The largest absolute Gasteiger partial charge is 0.507 e. The molecule has 0 radical (unpaired) electrons. The third-order valence-electron chi connectivity index (χ3n) is 3.51. The molecule has 4 heteroatoms. The van der Waals surface area contributed by atoms with Gasteiger partial charge in [-0.1, -0.05) is 36.4 Å².